The summed E-state index contributed by atoms with van der Waals surface area (Å²) in [5, 5.41) is 3.14. The molecule has 1 N–H and O–H groups in total. The largest absolute Gasteiger partial charge is 0.304 e. The lowest BCUT2D eigenvalue weighted by atomic mass is 10.1. The number of nitrogens with one attached hydrogen (secondary N) is 1. The summed E-state index contributed by atoms with van der Waals surface area (Å²) in [7, 11) is 2.17. The molecule has 0 aromatic heterocycles. The summed E-state index contributed by atoms with van der Waals surface area (Å²) in [4.78, 5) is 2.36. The number of hydrazine groups is 1. The summed E-state index contributed by atoms with van der Waals surface area (Å²) in [5.41, 5.74) is 4.93. The first-order chi connectivity index (χ1) is 8.69. The van der Waals surface area contributed by atoms with Gasteiger partial charge < -0.3 is 4.90 Å². The van der Waals surface area contributed by atoms with Gasteiger partial charge in [0.2, 0.25) is 0 Å². The van der Waals surface area contributed by atoms with Crippen molar-refractivity contribution in [2.45, 2.75) is 19.4 Å². The molecule has 4 heteroatoms. The van der Waals surface area contributed by atoms with Gasteiger partial charge in [-0.25, -0.2) is 10.4 Å². The second-order valence-corrected chi connectivity index (χ2v) is 5.37. The van der Waals surface area contributed by atoms with Crippen molar-refractivity contribution >= 4 is 11.6 Å². The Kier molecular flexibility index (Phi) is 5.01. The molecule has 1 aromatic carbocycles. The van der Waals surface area contributed by atoms with Crippen LogP contribution in [-0.2, 0) is 0 Å². The number of nitrogens with zero attached hydrogens (tertiary/aromatic N) is 2. The van der Waals surface area contributed by atoms with Crippen molar-refractivity contribution in [1.29, 1.82) is 0 Å². The molecule has 1 fully saturated rings. The molecule has 0 bridgehead atoms. The van der Waals surface area contributed by atoms with Crippen molar-refractivity contribution in [1.82, 2.24) is 15.3 Å². The highest BCUT2D eigenvalue weighted by Gasteiger charge is 2.17. The van der Waals surface area contributed by atoms with Crippen LogP contribution in [0.5, 0.6) is 0 Å². The van der Waals surface area contributed by atoms with Crippen LogP contribution in [0.4, 0.5) is 0 Å². The number of hydrogen-bond acceptors (Lipinski definition) is 3. The van der Waals surface area contributed by atoms with Crippen molar-refractivity contribution in [3.63, 3.8) is 0 Å². The zero-order chi connectivity index (χ0) is 13.0. The molecule has 3 nitrogen and oxygen atoms in total. The Hall–Kier alpha value is -0.610. The van der Waals surface area contributed by atoms with Crippen LogP contribution < -0.4 is 5.43 Å². The van der Waals surface area contributed by atoms with Gasteiger partial charge in [-0.1, -0.05) is 30.7 Å². The van der Waals surface area contributed by atoms with Gasteiger partial charge in [-0.05, 0) is 31.2 Å². The molecule has 1 aliphatic rings. The fourth-order valence-corrected chi connectivity index (χ4v) is 2.38. The number of halogens is 1. The minimum absolute atomic E-state index is 0.380. The van der Waals surface area contributed by atoms with Crippen molar-refractivity contribution in [2.24, 2.45) is 0 Å². The molecule has 0 amide bonds. The molecular formula is C14H22ClN3. The molecule has 18 heavy (non-hydrogen) atoms. The fraction of sp³-hybridized carbons (Fsp3) is 0.571. The predicted molar refractivity (Wildman–Crippen MR) is 76.7 cm³/mol. The summed E-state index contributed by atoms with van der Waals surface area (Å²) in [5.74, 6) is 0. The Morgan fingerprint density at radius 2 is 1.78 bits per heavy atom. The van der Waals surface area contributed by atoms with Gasteiger partial charge in [0.05, 0.1) is 0 Å². The van der Waals surface area contributed by atoms with Gasteiger partial charge >= 0.3 is 0 Å². The number of benzene rings is 1. The SMILES string of the molecule is CCC(NN1CCN(C)CC1)c1ccc(Cl)cc1. The number of rotatable bonds is 4. The Morgan fingerprint density at radius 3 is 2.33 bits per heavy atom. The van der Waals surface area contributed by atoms with Crippen LogP contribution >= 0.6 is 11.6 Å². The zero-order valence-corrected chi connectivity index (χ0v) is 12.0. The summed E-state index contributed by atoms with van der Waals surface area (Å²) < 4.78 is 0. The minimum atomic E-state index is 0.380. The van der Waals surface area contributed by atoms with E-state index in [0.29, 0.717) is 6.04 Å². The Bertz CT molecular complexity index is 358. The maximum Gasteiger partial charge on any atom is 0.0462 e. The summed E-state index contributed by atoms with van der Waals surface area (Å²) in [6, 6.07) is 8.53. The number of piperazine rings is 1. The first kappa shape index (κ1) is 13.8. The first-order valence-corrected chi connectivity index (χ1v) is 7.02. The van der Waals surface area contributed by atoms with E-state index < -0.39 is 0 Å². The molecule has 1 unspecified atom stereocenters. The van der Waals surface area contributed by atoms with Crippen LogP contribution in [0, 0.1) is 0 Å². The molecule has 1 atom stereocenters. The smallest absolute Gasteiger partial charge is 0.0462 e. The van der Waals surface area contributed by atoms with E-state index in [9.17, 15) is 0 Å². The highest BCUT2D eigenvalue weighted by molar-refractivity contribution is 6.30. The standard InChI is InChI=1S/C14H22ClN3/c1-3-14(12-4-6-13(15)7-5-12)16-18-10-8-17(2)9-11-18/h4-7,14,16H,3,8-11H2,1-2H3. The average molecular weight is 268 g/mol. The van der Waals surface area contributed by atoms with Gasteiger partial charge in [-0.2, -0.15) is 0 Å². The van der Waals surface area contributed by atoms with Crippen LogP contribution in [0.2, 0.25) is 5.02 Å². The van der Waals surface area contributed by atoms with E-state index in [1.165, 1.54) is 5.56 Å². The highest BCUT2D eigenvalue weighted by atomic mass is 35.5. The second-order valence-electron chi connectivity index (χ2n) is 4.93. The molecule has 1 heterocycles. The Labute approximate surface area is 115 Å². The van der Waals surface area contributed by atoms with Gasteiger partial charge in [-0.3, -0.25) is 0 Å². The lowest BCUT2D eigenvalue weighted by Crippen LogP contribution is -2.51. The van der Waals surface area contributed by atoms with Gasteiger partial charge in [0, 0.05) is 37.2 Å². The van der Waals surface area contributed by atoms with Crippen molar-refractivity contribution < 1.29 is 0 Å². The number of likely N-dealkylation sites (N-methyl/N-ethyl adjacent to an activating group) is 1. The molecule has 1 aliphatic heterocycles. The van der Waals surface area contributed by atoms with Gasteiger partial charge in [-0.15, -0.1) is 0 Å². The maximum absolute atomic E-state index is 5.93. The van der Waals surface area contributed by atoms with Crippen molar-refractivity contribution in [3.8, 4) is 0 Å². The van der Waals surface area contributed by atoms with Crippen LogP contribution in [0.15, 0.2) is 24.3 Å². The normalized spacial score (nSPS) is 19.9. The molecule has 0 radical (unpaired) electrons. The van der Waals surface area contributed by atoms with E-state index in [2.05, 4.69) is 41.4 Å². The van der Waals surface area contributed by atoms with E-state index in [1.54, 1.807) is 0 Å². The molecule has 1 saturated heterocycles. The van der Waals surface area contributed by atoms with E-state index in [4.69, 9.17) is 11.6 Å². The van der Waals surface area contributed by atoms with E-state index in [1.807, 2.05) is 12.1 Å². The first-order valence-electron chi connectivity index (χ1n) is 6.64. The lowest BCUT2D eigenvalue weighted by Gasteiger charge is -2.35. The van der Waals surface area contributed by atoms with E-state index in [-0.39, 0.29) is 0 Å². The average Bonchev–Trinajstić information content (AvgIpc) is 2.39. The zero-order valence-electron chi connectivity index (χ0n) is 11.2. The Morgan fingerprint density at radius 1 is 1.17 bits per heavy atom. The predicted octanol–water partition coefficient (Wildman–Crippen LogP) is 2.54. The van der Waals surface area contributed by atoms with Crippen molar-refractivity contribution in [3.05, 3.63) is 34.9 Å². The van der Waals surface area contributed by atoms with Crippen molar-refractivity contribution in [2.75, 3.05) is 33.2 Å². The molecule has 0 aliphatic carbocycles. The van der Waals surface area contributed by atoms with Crippen LogP contribution in [0.3, 0.4) is 0 Å². The topological polar surface area (TPSA) is 18.5 Å². The van der Waals surface area contributed by atoms with Gasteiger partial charge in [0.1, 0.15) is 0 Å². The third-order valence-electron chi connectivity index (χ3n) is 3.52. The molecule has 0 spiro atoms. The second kappa shape index (κ2) is 6.53. The number of hydrogen-bond donors (Lipinski definition) is 1. The summed E-state index contributed by atoms with van der Waals surface area (Å²) in [6.07, 6.45) is 1.08. The lowest BCUT2D eigenvalue weighted by molar-refractivity contribution is 0.0857. The van der Waals surface area contributed by atoms with Gasteiger partial charge in [0.15, 0.2) is 0 Å². The van der Waals surface area contributed by atoms with Gasteiger partial charge in [0.25, 0.3) is 0 Å². The minimum Gasteiger partial charge on any atom is -0.304 e. The molecule has 100 valence electrons. The molecule has 1 aromatic rings. The van der Waals surface area contributed by atoms with Crippen LogP contribution in [0.25, 0.3) is 0 Å². The molecule has 2 rings (SSSR count). The summed E-state index contributed by atoms with van der Waals surface area (Å²) >= 11 is 5.93. The maximum atomic E-state index is 5.93. The van der Waals surface area contributed by atoms with E-state index >= 15 is 0 Å². The van der Waals surface area contributed by atoms with Crippen LogP contribution in [-0.4, -0.2) is 43.1 Å². The Balaban J connectivity index is 1.94. The van der Waals surface area contributed by atoms with E-state index in [0.717, 1.165) is 37.6 Å². The monoisotopic (exact) mass is 267 g/mol. The fourth-order valence-electron chi connectivity index (χ4n) is 2.25. The van der Waals surface area contributed by atoms with Crippen LogP contribution in [0.1, 0.15) is 24.9 Å². The highest BCUT2D eigenvalue weighted by Crippen LogP contribution is 2.19. The third kappa shape index (κ3) is 3.69. The third-order valence-corrected chi connectivity index (χ3v) is 3.77. The molecule has 0 saturated carbocycles. The quantitative estimate of drug-likeness (QED) is 0.905. The molecular weight excluding hydrogens is 246 g/mol. The summed E-state index contributed by atoms with van der Waals surface area (Å²) in [6.45, 7) is 6.64.